The molecule has 0 fully saturated rings. The number of carboxylic acids is 1. The number of carboxylic acid groups (broad SMARTS) is 1. The molecule has 0 heterocycles. The Balaban J connectivity index is 2.77. The van der Waals surface area contributed by atoms with E-state index >= 15 is 0 Å². The molecule has 1 rings (SSSR count). The van der Waals surface area contributed by atoms with Crippen molar-refractivity contribution in [1.29, 1.82) is 0 Å². The topological polar surface area (TPSA) is 82.1 Å². The number of ketones is 1. The summed E-state index contributed by atoms with van der Waals surface area (Å²) in [6, 6.07) is 6.16. The van der Waals surface area contributed by atoms with Gasteiger partial charge < -0.3 is 19.3 Å². The third kappa shape index (κ3) is 4.35. The number of Topliss-reactive ketones (excluding diaryl/α,β-unsaturated/α-hetero) is 1. The van der Waals surface area contributed by atoms with Crippen LogP contribution in [0.25, 0.3) is 0 Å². The molecule has 6 nitrogen and oxygen atoms in total. The number of aliphatic carboxylic acids is 1. The minimum absolute atomic E-state index is 0.0371. The van der Waals surface area contributed by atoms with E-state index in [1.807, 2.05) is 0 Å². The summed E-state index contributed by atoms with van der Waals surface area (Å²) >= 11 is 0. The molecule has 0 amide bonds. The SMILES string of the molecule is COCCOC(C(=O)O)C(=O)c1ccc(OC)cc1. The van der Waals surface area contributed by atoms with Gasteiger partial charge in [-0.2, -0.15) is 0 Å². The van der Waals surface area contributed by atoms with Crippen molar-refractivity contribution in [1.82, 2.24) is 0 Å². The molecule has 0 bridgehead atoms. The zero-order valence-corrected chi connectivity index (χ0v) is 10.8. The number of rotatable bonds is 8. The largest absolute Gasteiger partial charge is 0.497 e. The lowest BCUT2D eigenvalue weighted by atomic mass is 10.1. The third-order valence-corrected chi connectivity index (χ3v) is 2.41. The van der Waals surface area contributed by atoms with Gasteiger partial charge in [-0.25, -0.2) is 4.79 Å². The van der Waals surface area contributed by atoms with E-state index in [-0.39, 0.29) is 18.8 Å². The molecule has 0 aliphatic heterocycles. The third-order valence-electron chi connectivity index (χ3n) is 2.41. The van der Waals surface area contributed by atoms with Gasteiger partial charge in [0.25, 0.3) is 0 Å². The number of hydrogen-bond acceptors (Lipinski definition) is 5. The zero-order valence-electron chi connectivity index (χ0n) is 10.8. The fraction of sp³-hybridized carbons (Fsp3) is 0.385. The van der Waals surface area contributed by atoms with Gasteiger partial charge in [0.05, 0.1) is 20.3 Å². The van der Waals surface area contributed by atoms with E-state index in [1.165, 1.54) is 26.4 Å². The van der Waals surface area contributed by atoms with E-state index in [0.29, 0.717) is 5.75 Å². The van der Waals surface area contributed by atoms with Crippen LogP contribution >= 0.6 is 0 Å². The maximum Gasteiger partial charge on any atom is 0.341 e. The summed E-state index contributed by atoms with van der Waals surface area (Å²) in [4.78, 5) is 23.0. The van der Waals surface area contributed by atoms with Crippen LogP contribution in [0.1, 0.15) is 10.4 Å². The predicted molar refractivity (Wildman–Crippen MR) is 66.6 cm³/mol. The van der Waals surface area contributed by atoms with Crippen LogP contribution < -0.4 is 4.74 Å². The molecule has 0 radical (unpaired) electrons. The highest BCUT2D eigenvalue weighted by Gasteiger charge is 2.28. The van der Waals surface area contributed by atoms with Crippen LogP contribution in [-0.2, 0) is 14.3 Å². The van der Waals surface area contributed by atoms with Gasteiger partial charge >= 0.3 is 5.97 Å². The average Bonchev–Trinajstić information content (AvgIpc) is 2.42. The van der Waals surface area contributed by atoms with Gasteiger partial charge in [-0.15, -0.1) is 0 Å². The first-order chi connectivity index (χ1) is 9.10. The summed E-state index contributed by atoms with van der Waals surface area (Å²) in [6.07, 6.45) is -1.52. The summed E-state index contributed by atoms with van der Waals surface area (Å²) in [6.45, 7) is 0.259. The molecule has 0 aliphatic carbocycles. The van der Waals surface area contributed by atoms with Crippen LogP contribution in [0.3, 0.4) is 0 Å². The maximum absolute atomic E-state index is 12.0. The minimum atomic E-state index is -1.52. The molecule has 6 heteroatoms. The first-order valence-electron chi connectivity index (χ1n) is 5.61. The van der Waals surface area contributed by atoms with Gasteiger partial charge in [0.15, 0.2) is 0 Å². The zero-order chi connectivity index (χ0) is 14.3. The van der Waals surface area contributed by atoms with Crippen molar-refractivity contribution in [3.8, 4) is 5.75 Å². The number of hydrogen-bond donors (Lipinski definition) is 1. The lowest BCUT2D eigenvalue weighted by Crippen LogP contribution is -2.34. The van der Waals surface area contributed by atoms with Crippen molar-refractivity contribution in [3.63, 3.8) is 0 Å². The molecule has 1 N–H and O–H groups in total. The lowest BCUT2D eigenvalue weighted by molar-refractivity contribution is -0.147. The second-order valence-corrected chi connectivity index (χ2v) is 3.67. The second-order valence-electron chi connectivity index (χ2n) is 3.67. The van der Waals surface area contributed by atoms with Crippen LogP contribution in [0, 0.1) is 0 Å². The van der Waals surface area contributed by atoms with Crippen molar-refractivity contribution in [2.75, 3.05) is 27.4 Å². The van der Waals surface area contributed by atoms with Crippen molar-refractivity contribution in [2.24, 2.45) is 0 Å². The molecule has 0 aliphatic rings. The number of methoxy groups -OCH3 is 2. The molecule has 0 aromatic heterocycles. The highest BCUT2D eigenvalue weighted by Crippen LogP contribution is 2.14. The maximum atomic E-state index is 12.0. The van der Waals surface area contributed by atoms with E-state index in [4.69, 9.17) is 19.3 Å². The molecule has 0 spiro atoms. The van der Waals surface area contributed by atoms with E-state index in [2.05, 4.69) is 0 Å². The van der Waals surface area contributed by atoms with Gasteiger partial charge in [0.1, 0.15) is 5.75 Å². The molecule has 1 atom stereocenters. The Hall–Kier alpha value is -1.92. The van der Waals surface area contributed by atoms with Crippen molar-refractivity contribution >= 4 is 11.8 Å². The standard InChI is InChI=1S/C13H16O6/c1-17-7-8-19-12(13(15)16)11(14)9-3-5-10(18-2)6-4-9/h3-6,12H,7-8H2,1-2H3,(H,15,16). The summed E-state index contributed by atoms with van der Waals surface area (Å²) in [7, 11) is 2.97. The number of carbonyl (C=O) groups is 2. The summed E-state index contributed by atoms with van der Waals surface area (Å²) in [5, 5.41) is 8.99. The van der Waals surface area contributed by atoms with Crippen LogP contribution in [0.2, 0.25) is 0 Å². The first kappa shape index (κ1) is 15.1. The van der Waals surface area contributed by atoms with Gasteiger partial charge in [-0.3, -0.25) is 4.79 Å². The van der Waals surface area contributed by atoms with Crippen molar-refractivity contribution < 1.29 is 28.9 Å². The Kier molecular flexibility index (Phi) is 5.98. The molecule has 1 unspecified atom stereocenters. The molecule has 1 aromatic rings. The van der Waals surface area contributed by atoms with Gasteiger partial charge in [-0.1, -0.05) is 0 Å². The second kappa shape index (κ2) is 7.50. The summed E-state index contributed by atoms with van der Waals surface area (Å²) < 4.78 is 14.7. The summed E-state index contributed by atoms with van der Waals surface area (Å²) in [5.41, 5.74) is 0.255. The Labute approximate surface area is 110 Å². The molecule has 1 aromatic carbocycles. The molecule has 0 saturated heterocycles. The Morgan fingerprint density at radius 1 is 1.16 bits per heavy atom. The average molecular weight is 268 g/mol. The van der Waals surface area contributed by atoms with Crippen LogP contribution in [0.5, 0.6) is 5.75 Å². The normalized spacial score (nSPS) is 11.9. The first-order valence-corrected chi connectivity index (χ1v) is 5.61. The van der Waals surface area contributed by atoms with Crippen molar-refractivity contribution in [3.05, 3.63) is 29.8 Å². The monoisotopic (exact) mass is 268 g/mol. The highest BCUT2D eigenvalue weighted by atomic mass is 16.5. The fourth-order valence-corrected chi connectivity index (χ4v) is 1.42. The Morgan fingerprint density at radius 2 is 1.79 bits per heavy atom. The number of ether oxygens (including phenoxy) is 3. The Morgan fingerprint density at radius 3 is 2.26 bits per heavy atom. The predicted octanol–water partition coefficient (Wildman–Crippen LogP) is 0.994. The fourth-order valence-electron chi connectivity index (χ4n) is 1.42. The smallest absolute Gasteiger partial charge is 0.341 e. The molecule has 104 valence electrons. The van der Waals surface area contributed by atoms with Gasteiger partial charge in [0, 0.05) is 12.7 Å². The van der Waals surface area contributed by atoms with E-state index in [9.17, 15) is 9.59 Å². The quantitative estimate of drug-likeness (QED) is 0.430. The number of carbonyl (C=O) groups excluding carboxylic acids is 1. The van der Waals surface area contributed by atoms with Crippen LogP contribution in [-0.4, -0.2) is 50.4 Å². The summed E-state index contributed by atoms with van der Waals surface area (Å²) in [5.74, 6) is -1.34. The van der Waals surface area contributed by atoms with Crippen molar-refractivity contribution in [2.45, 2.75) is 6.10 Å². The molecule has 19 heavy (non-hydrogen) atoms. The number of benzene rings is 1. The van der Waals surface area contributed by atoms with E-state index in [0.717, 1.165) is 0 Å². The van der Waals surface area contributed by atoms with Gasteiger partial charge in [-0.05, 0) is 24.3 Å². The molecule has 0 saturated carbocycles. The lowest BCUT2D eigenvalue weighted by Gasteiger charge is -2.12. The van der Waals surface area contributed by atoms with Crippen LogP contribution in [0.15, 0.2) is 24.3 Å². The van der Waals surface area contributed by atoms with Crippen LogP contribution in [0.4, 0.5) is 0 Å². The van der Waals surface area contributed by atoms with Gasteiger partial charge in [0.2, 0.25) is 11.9 Å². The Bertz CT molecular complexity index is 425. The highest BCUT2D eigenvalue weighted by molar-refractivity contribution is 6.10. The molecular weight excluding hydrogens is 252 g/mol. The molecular formula is C13H16O6. The minimum Gasteiger partial charge on any atom is -0.497 e. The van der Waals surface area contributed by atoms with E-state index < -0.39 is 17.9 Å². The van der Waals surface area contributed by atoms with E-state index in [1.54, 1.807) is 12.1 Å².